The molecule has 2 rings (SSSR count). The zero-order valence-corrected chi connectivity index (χ0v) is 18.7. The van der Waals surface area contributed by atoms with Crippen LogP contribution in [0.25, 0.3) is 0 Å². The van der Waals surface area contributed by atoms with Gasteiger partial charge in [-0.2, -0.15) is 0 Å². The van der Waals surface area contributed by atoms with Crippen molar-refractivity contribution in [1.29, 1.82) is 0 Å². The second-order valence-corrected chi connectivity index (χ2v) is 8.72. The lowest BCUT2D eigenvalue weighted by Crippen LogP contribution is -2.03. The van der Waals surface area contributed by atoms with E-state index in [1.165, 1.54) is 75.6 Å². The first-order chi connectivity index (χ1) is 14.2. The van der Waals surface area contributed by atoms with Gasteiger partial charge in [0.05, 0.1) is 24.0 Å². The van der Waals surface area contributed by atoms with Crippen LogP contribution in [0.1, 0.15) is 89.4 Å². The summed E-state index contributed by atoms with van der Waals surface area (Å²) in [4.78, 5) is 14.6. The molecule has 29 heavy (non-hydrogen) atoms. The van der Waals surface area contributed by atoms with E-state index in [9.17, 15) is 0 Å². The maximum atomic E-state index is 5.86. The lowest BCUT2D eigenvalue weighted by molar-refractivity contribution is 0.120. The van der Waals surface area contributed by atoms with E-state index in [1.807, 2.05) is 12.4 Å². The number of unbranched alkanes of at least 4 members (excludes halogenated alkanes) is 2. The first kappa shape index (κ1) is 23.7. The van der Waals surface area contributed by atoms with E-state index in [2.05, 4.69) is 33.8 Å². The Labute approximate surface area is 177 Å². The molecule has 2 aromatic rings. The highest BCUT2D eigenvalue weighted by atomic mass is 16.5. The van der Waals surface area contributed by atoms with E-state index < -0.39 is 0 Å². The minimum absolute atomic E-state index is 0.805. The Morgan fingerprint density at radius 2 is 1.14 bits per heavy atom. The van der Waals surface area contributed by atoms with E-state index in [-0.39, 0.29) is 0 Å². The number of hydrogen-bond acceptors (Lipinski definition) is 3. The maximum Gasteiger partial charge on any atom is 0.0923 e. The molecule has 2 heterocycles. The number of rotatable bonds is 18. The topological polar surface area (TPSA) is 66.6 Å². The summed E-state index contributed by atoms with van der Waals surface area (Å²) in [6.07, 6.45) is 22.4. The van der Waals surface area contributed by atoms with Crippen molar-refractivity contribution < 1.29 is 4.74 Å². The number of nitrogens with zero attached hydrogens (tertiary/aromatic N) is 2. The number of aromatic nitrogens is 4. The molecule has 0 radical (unpaired) electrons. The van der Waals surface area contributed by atoms with Gasteiger partial charge >= 0.3 is 0 Å². The van der Waals surface area contributed by atoms with E-state index in [0.29, 0.717) is 0 Å². The number of aryl methyl sites for hydroxylation is 2. The maximum absolute atomic E-state index is 5.86. The van der Waals surface area contributed by atoms with Gasteiger partial charge in [-0.3, -0.25) is 0 Å². The molecular formula is C24H42N4O. The number of aromatic amines is 2. The molecular weight excluding hydrogens is 360 g/mol. The third-order valence-corrected chi connectivity index (χ3v) is 5.84. The van der Waals surface area contributed by atoms with Gasteiger partial charge in [0.2, 0.25) is 0 Å². The number of ether oxygens (including phenoxy) is 1. The van der Waals surface area contributed by atoms with Crippen molar-refractivity contribution in [3.63, 3.8) is 0 Å². The lowest BCUT2D eigenvalue weighted by atomic mass is 9.98. The predicted molar refractivity (Wildman–Crippen MR) is 120 cm³/mol. The molecule has 5 heteroatoms. The normalized spacial score (nSPS) is 13.6. The molecule has 0 spiro atoms. The molecule has 0 aromatic carbocycles. The second-order valence-electron chi connectivity index (χ2n) is 8.72. The Morgan fingerprint density at radius 3 is 1.55 bits per heavy atom. The Morgan fingerprint density at radius 1 is 0.690 bits per heavy atom. The van der Waals surface area contributed by atoms with Gasteiger partial charge in [-0.25, -0.2) is 9.97 Å². The molecule has 0 saturated carbocycles. The molecule has 0 aliphatic heterocycles. The van der Waals surface area contributed by atoms with Crippen LogP contribution in [0.15, 0.2) is 25.0 Å². The molecule has 0 aliphatic carbocycles. The molecule has 5 nitrogen and oxygen atoms in total. The summed E-state index contributed by atoms with van der Waals surface area (Å²) in [7, 11) is 0. The van der Waals surface area contributed by atoms with Crippen LogP contribution in [0, 0.1) is 11.8 Å². The van der Waals surface area contributed by atoms with Gasteiger partial charge in [0.15, 0.2) is 0 Å². The summed E-state index contributed by atoms with van der Waals surface area (Å²) in [5, 5.41) is 0. The van der Waals surface area contributed by atoms with E-state index in [0.717, 1.165) is 37.9 Å². The van der Waals surface area contributed by atoms with Crippen molar-refractivity contribution in [2.75, 3.05) is 13.2 Å². The van der Waals surface area contributed by atoms with E-state index in [1.54, 1.807) is 12.7 Å². The summed E-state index contributed by atoms with van der Waals surface area (Å²) < 4.78 is 5.86. The van der Waals surface area contributed by atoms with Crippen molar-refractivity contribution in [3.8, 4) is 0 Å². The average Bonchev–Trinajstić information content (AvgIpc) is 3.42. The van der Waals surface area contributed by atoms with Gasteiger partial charge in [-0.15, -0.1) is 0 Å². The second kappa shape index (κ2) is 15.3. The van der Waals surface area contributed by atoms with Crippen LogP contribution >= 0.6 is 0 Å². The van der Waals surface area contributed by atoms with Crippen LogP contribution in [0.3, 0.4) is 0 Å². The first-order valence-electron chi connectivity index (χ1n) is 11.8. The largest absolute Gasteiger partial charge is 0.381 e. The standard InChI is InChI=1S/C24H42N4O/c1-21(9-3-5-13-23-17-25-19-27-23)11-7-15-29-16-8-12-22(2)10-4-6-14-24-18-26-20-28-24/h17-22H,3-16H2,1-2H3,(H,25,27)(H,26,28). The molecule has 0 bridgehead atoms. The van der Waals surface area contributed by atoms with Gasteiger partial charge in [0, 0.05) is 25.6 Å². The van der Waals surface area contributed by atoms with E-state index >= 15 is 0 Å². The molecule has 2 atom stereocenters. The van der Waals surface area contributed by atoms with Gasteiger partial charge in [0.25, 0.3) is 0 Å². The molecule has 2 aromatic heterocycles. The fraction of sp³-hybridized carbons (Fsp3) is 0.750. The highest BCUT2D eigenvalue weighted by Gasteiger charge is 2.05. The van der Waals surface area contributed by atoms with Crippen molar-refractivity contribution in [2.45, 2.75) is 90.9 Å². The summed E-state index contributed by atoms with van der Waals surface area (Å²) in [5.41, 5.74) is 2.38. The average molecular weight is 403 g/mol. The molecule has 164 valence electrons. The third-order valence-electron chi connectivity index (χ3n) is 5.84. The van der Waals surface area contributed by atoms with Crippen molar-refractivity contribution in [2.24, 2.45) is 11.8 Å². The van der Waals surface area contributed by atoms with Crippen LogP contribution in [-0.4, -0.2) is 33.1 Å². The van der Waals surface area contributed by atoms with Crippen molar-refractivity contribution in [1.82, 2.24) is 19.9 Å². The molecule has 0 fully saturated rings. The molecule has 2 N–H and O–H groups in total. The fourth-order valence-corrected chi connectivity index (χ4v) is 3.91. The summed E-state index contributed by atoms with van der Waals surface area (Å²) in [5.74, 6) is 1.61. The SMILES string of the molecule is CC(CCCCc1c[nH]cn1)CCCOCCCC(C)CCCCc1c[nH]cn1. The van der Waals surface area contributed by atoms with Crippen LogP contribution in [0.2, 0.25) is 0 Å². The number of nitrogens with one attached hydrogen (secondary N) is 2. The van der Waals surface area contributed by atoms with E-state index in [4.69, 9.17) is 4.74 Å². The summed E-state index contributed by atoms with van der Waals surface area (Å²) in [6, 6.07) is 0. The highest BCUT2D eigenvalue weighted by molar-refractivity contribution is 4.94. The Hall–Kier alpha value is -1.62. The number of H-pyrrole nitrogens is 2. The predicted octanol–water partition coefficient (Wildman–Crippen LogP) is 6.11. The summed E-state index contributed by atoms with van der Waals surface area (Å²) >= 11 is 0. The van der Waals surface area contributed by atoms with Gasteiger partial charge in [-0.05, 0) is 63.2 Å². The van der Waals surface area contributed by atoms with Crippen molar-refractivity contribution >= 4 is 0 Å². The first-order valence-corrected chi connectivity index (χ1v) is 11.8. The van der Waals surface area contributed by atoms with Crippen LogP contribution in [0.5, 0.6) is 0 Å². The minimum Gasteiger partial charge on any atom is -0.381 e. The molecule has 0 aliphatic rings. The lowest BCUT2D eigenvalue weighted by Gasteiger charge is -2.12. The van der Waals surface area contributed by atoms with Crippen LogP contribution in [0.4, 0.5) is 0 Å². The number of imidazole rings is 2. The monoisotopic (exact) mass is 402 g/mol. The van der Waals surface area contributed by atoms with Gasteiger partial charge < -0.3 is 14.7 Å². The minimum atomic E-state index is 0.805. The Balaban J connectivity index is 1.31. The third kappa shape index (κ3) is 11.8. The zero-order chi connectivity index (χ0) is 20.6. The van der Waals surface area contributed by atoms with Gasteiger partial charge in [0.1, 0.15) is 0 Å². The number of hydrogen-bond donors (Lipinski definition) is 2. The molecule has 2 unspecified atom stereocenters. The quantitative estimate of drug-likeness (QED) is 0.296. The Bertz CT molecular complexity index is 530. The molecule has 0 saturated heterocycles. The van der Waals surface area contributed by atoms with Gasteiger partial charge in [-0.1, -0.05) is 39.5 Å². The molecule has 0 amide bonds. The Kier molecular flexibility index (Phi) is 12.4. The van der Waals surface area contributed by atoms with Crippen LogP contribution in [-0.2, 0) is 17.6 Å². The fourth-order valence-electron chi connectivity index (χ4n) is 3.91. The smallest absolute Gasteiger partial charge is 0.0923 e. The summed E-state index contributed by atoms with van der Waals surface area (Å²) in [6.45, 7) is 6.61. The van der Waals surface area contributed by atoms with Crippen LogP contribution < -0.4 is 0 Å². The zero-order valence-electron chi connectivity index (χ0n) is 18.7. The highest BCUT2D eigenvalue weighted by Crippen LogP contribution is 2.17. The van der Waals surface area contributed by atoms with Crippen molar-refractivity contribution in [3.05, 3.63) is 36.4 Å².